The van der Waals surface area contributed by atoms with E-state index < -0.39 is 10.0 Å². The lowest BCUT2D eigenvalue weighted by atomic mass is 10.1. The van der Waals surface area contributed by atoms with Crippen LogP contribution in [-0.2, 0) is 10.0 Å². The number of pyridine rings is 1. The second kappa shape index (κ2) is 7.70. The summed E-state index contributed by atoms with van der Waals surface area (Å²) >= 11 is 0. The van der Waals surface area contributed by atoms with Crippen LogP contribution in [0.5, 0.6) is 0 Å². The molecule has 1 aliphatic carbocycles. The number of aromatic nitrogens is 1. The molecule has 4 rings (SSSR count). The van der Waals surface area contributed by atoms with Crippen molar-refractivity contribution in [3.05, 3.63) is 59.9 Å². The predicted molar refractivity (Wildman–Crippen MR) is 106 cm³/mol. The molecule has 2 fully saturated rings. The highest BCUT2D eigenvalue weighted by atomic mass is 32.2. The van der Waals surface area contributed by atoms with Gasteiger partial charge in [-0.1, -0.05) is 17.7 Å². The fourth-order valence-corrected chi connectivity index (χ4v) is 5.83. The highest BCUT2D eigenvalue weighted by Gasteiger charge is 2.43. The van der Waals surface area contributed by atoms with Gasteiger partial charge in [-0.3, -0.25) is 4.98 Å². The van der Waals surface area contributed by atoms with Crippen molar-refractivity contribution in [1.29, 1.82) is 0 Å². The normalized spacial score (nSPS) is 23.5. The van der Waals surface area contributed by atoms with E-state index in [2.05, 4.69) is 10.3 Å². The van der Waals surface area contributed by atoms with Crippen molar-refractivity contribution in [3.63, 3.8) is 0 Å². The van der Waals surface area contributed by atoms with Crippen LogP contribution in [0.2, 0.25) is 0 Å². The lowest BCUT2D eigenvalue weighted by Gasteiger charge is -2.34. The van der Waals surface area contributed by atoms with Crippen LogP contribution >= 0.6 is 0 Å². The van der Waals surface area contributed by atoms with Gasteiger partial charge in [0.05, 0.1) is 4.90 Å². The lowest BCUT2D eigenvalue weighted by molar-refractivity contribution is 0.254. The Morgan fingerprint density at radius 1 is 1.07 bits per heavy atom. The zero-order chi connectivity index (χ0) is 18.9. The topological polar surface area (TPSA) is 62.3 Å². The lowest BCUT2D eigenvalue weighted by Crippen LogP contribution is -2.47. The molecule has 5 nitrogen and oxygen atoms in total. The summed E-state index contributed by atoms with van der Waals surface area (Å²) in [6.45, 7) is 4.34. The molecule has 2 heterocycles. The average molecular weight is 386 g/mol. The van der Waals surface area contributed by atoms with Gasteiger partial charge in [-0.2, -0.15) is 4.31 Å². The van der Waals surface area contributed by atoms with Gasteiger partial charge in [0.15, 0.2) is 0 Å². The Labute approximate surface area is 161 Å². The molecule has 2 unspecified atom stereocenters. The second-order valence-corrected chi connectivity index (χ2v) is 9.64. The number of benzene rings is 1. The van der Waals surface area contributed by atoms with E-state index in [0.29, 0.717) is 23.3 Å². The molecule has 2 aromatic rings. The van der Waals surface area contributed by atoms with Gasteiger partial charge in [0, 0.05) is 25.0 Å². The Balaban J connectivity index is 1.57. The van der Waals surface area contributed by atoms with Crippen LogP contribution in [0.25, 0.3) is 0 Å². The molecule has 1 aliphatic heterocycles. The summed E-state index contributed by atoms with van der Waals surface area (Å²) in [7, 11) is -3.48. The van der Waals surface area contributed by atoms with Crippen molar-refractivity contribution in [2.24, 2.45) is 5.92 Å². The number of nitrogens with one attached hydrogen (secondary N) is 1. The highest BCUT2D eigenvalue weighted by Crippen LogP contribution is 2.48. The zero-order valence-corrected chi connectivity index (χ0v) is 16.5. The van der Waals surface area contributed by atoms with Gasteiger partial charge in [0.1, 0.15) is 0 Å². The molecule has 27 heavy (non-hydrogen) atoms. The van der Waals surface area contributed by atoms with Crippen LogP contribution in [0.1, 0.15) is 36.3 Å². The van der Waals surface area contributed by atoms with Crippen LogP contribution in [0.15, 0.2) is 53.7 Å². The molecule has 2 aliphatic rings. The van der Waals surface area contributed by atoms with E-state index in [9.17, 15) is 8.42 Å². The first-order valence-electron chi connectivity index (χ1n) is 9.75. The molecule has 1 N–H and O–H groups in total. The molecule has 144 valence electrons. The van der Waals surface area contributed by atoms with Crippen molar-refractivity contribution < 1.29 is 8.42 Å². The third-order valence-corrected chi connectivity index (χ3v) is 7.75. The average Bonchev–Trinajstić information content (AvgIpc) is 3.47. The second-order valence-electron chi connectivity index (χ2n) is 7.75. The van der Waals surface area contributed by atoms with Crippen LogP contribution in [0.3, 0.4) is 0 Å². The number of nitrogens with zero attached hydrogens (tertiary/aromatic N) is 2. The Kier molecular flexibility index (Phi) is 5.30. The van der Waals surface area contributed by atoms with Crippen molar-refractivity contribution in [1.82, 2.24) is 14.6 Å². The van der Waals surface area contributed by atoms with Gasteiger partial charge < -0.3 is 5.32 Å². The van der Waals surface area contributed by atoms with Gasteiger partial charge in [-0.25, -0.2) is 8.42 Å². The first-order valence-corrected chi connectivity index (χ1v) is 11.2. The highest BCUT2D eigenvalue weighted by molar-refractivity contribution is 7.89. The molecule has 1 saturated heterocycles. The summed E-state index contributed by atoms with van der Waals surface area (Å²) in [6.07, 6.45) is 6.43. The van der Waals surface area contributed by atoms with E-state index >= 15 is 0 Å². The van der Waals surface area contributed by atoms with E-state index in [-0.39, 0.29) is 6.04 Å². The largest absolute Gasteiger partial charge is 0.317 e. The third-order valence-electron chi connectivity index (χ3n) is 5.81. The molecule has 0 spiro atoms. The van der Waals surface area contributed by atoms with Crippen molar-refractivity contribution >= 4 is 10.0 Å². The maximum absolute atomic E-state index is 13.4. The Bertz CT molecular complexity index is 862. The molecule has 0 amide bonds. The van der Waals surface area contributed by atoms with Crippen LogP contribution in [-0.4, -0.2) is 43.4 Å². The van der Waals surface area contributed by atoms with Crippen LogP contribution < -0.4 is 5.32 Å². The fraction of sp³-hybridized carbons (Fsp3) is 0.476. The SMILES string of the molecule is Cc1ccc(S(=O)(=O)N(CC2CC2c2ccncc2)C2CCNCC2)cc1. The summed E-state index contributed by atoms with van der Waals surface area (Å²) in [5, 5.41) is 3.34. The zero-order valence-electron chi connectivity index (χ0n) is 15.7. The Morgan fingerprint density at radius 2 is 1.74 bits per heavy atom. The summed E-state index contributed by atoms with van der Waals surface area (Å²) < 4.78 is 28.7. The minimum Gasteiger partial charge on any atom is -0.317 e. The van der Waals surface area contributed by atoms with Gasteiger partial charge in [0.2, 0.25) is 10.0 Å². The number of piperidine rings is 1. The molecular formula is C21H27N3O2S. The maximum Gasteiger partial charge on any atom is 0.243 e. The van der Waals surface area contributed by atoms with Crippen molar-refractivity contribution in [2.45, 2.75) is 43.0 Å². The summed E-state index contributed by atoms with van der Waals surface area (Å²) in [5.41, 5.74) is 2.34. The molecule has 1 saturated carbocycles. The maximum atomic E-state index is 13.4. The van der Waals surface area contributed by atoms with Crippen LogP contribution in [0.4, 0.5) is 0 Å². The summed E-state index contributed by atoms with van der Waals surface area (Å²) in [6, 6.07) is 11.4. The smallest absolute Gasteiger partial charge is 0.243 e. The molecular weight excluding hydrogens is 358 g/mol. The number of sulfonamides is 1. The Hall–Kier alpha value is -1.76. The van der Waals surface area contributed by atoms with Gasteiger partial charge in [0.25, 0.3) is 0 Å². The molecule has 0 radical (unpaired) electrons. The molecule has 6 heteroatoms. The summed E-state index contributed by atoms with van der Waals surface area (Å²) in [5.74, 6) is 0.841. The first-order chi connectivity index (χ1) is 13.1. The van der Waals surface area contributed by atoms with E-state index in [0.717, 1.165) is 37.9 Å². The van der Waals surface area contributed by atoms with Crippen LogP contribution in [0, 0.1) is 12.8 Å². The fourth-order valence-electron chi connectivity index (χ4n) is 4.08. The monoisotopic (exact) mass is 385 g/mol. The van der Waals surface area contributed by atoms with Crippen molar-refractivity contribution in [2.75, 3.05) is 19.6 Å². The minimum absolute atomic E-state index is 0.0799. The number of hydrogen-bond acceptors (Lipinski definition) is 4. The third kappa shape index (κ3) is 4.08. The molecule has 1 aromatic carbocycles. The number of rotatable bonds is 6. The van der Waals surface area contributed by atoms with E-state index in [1.54, 1.807) is 16.4 Å². The molecule has 1 aromatic heterocycles. The standard InChI is InChI=1S/C21H27N3O2S/c1-16-2-4-20(5-3-16)27(25,26)24(19-8-12-23-13-9-19)15-18-14-21(18)17-6-10-22-11-7-17/h2-7,10-11,18-19,21,23H,8-9,12-15H2,1H3. The molecule has 2 atom stereocenters. The number of aryl methyl sites for hydroxylation is 1. The molecule has 0 bridgehead atoms. The minimum atomic E-state index is -3.48. The quantitative estimate of drug-likeness (QED) is 0.830. The predicted octanol–water partition coefficient (Wildman–Crippen LogP) is 2.94. The first kappa shape index (κ1) is 18.6. The summed E-state index contributed by atoms with van der Waals surface area (Å²) in [4.78, 5) is 4.50. The van der Waals surface area contributed by atoms with E-state index in [1.807, 2.05) is 43.6 Å². The van der Waals surface area contributed by atoms with Gasteiger partial charge in [-0.15, -0.1) is 0 Å². The van der Waals surface area contributed by atoms with Gasteiger partial charge >= 0.3 is 0 Å². The number of hydrogen-bond donors (Lipinski definition) is 1. The van der Waals surface area contributed by atoms with Crippen molar-refractivity contribution in [3.8, 4) is 0 Å². The Morgan fingerprint density at radius 3 is 2.41 bits per heavy atom. The van der Waals surface area contributed by atoms with E-state index in [1.165, 1.54) is 5.56 Å². The van der Waals surface area contributed by atoms with Gasteiger partial charge in [-0.05, 0) is 80.9 Å². The van der Waals surface area contributed by atoms with E-state index in [4.69, 9.17) is 0 Å².